The number of hydrogen-bond donors (Lipinski definition) is 1. The molecule has 2 aliphatic rings. The van der Waals surface area contributed by atoms with E-state index in [1.54, 1.807) is 4.57 Å². The molecule has 1 aromatic carbocycles. The average Bonchev–Trinajstić information content (AvgIpc) is 2.90. The fourth-order valence-electron chi connectivity index (χ4n) is 5.69. The highest BCUT2D eigenvalue weighted by Gasteiger charge is 2.50. The molecule has 1 aliphatic carbocycles. The van der Waals surface area contributed by atoms with Crippen molar-refractivity contribution in [3.63, 3.8) is 0 Å². The van der Waals surface area contributed by atoms with Gasteiger partial charge in [0.25, 0.3) is 5.56 Å². The highest BCUT2D eigenvalue weighted by Crippen LogP contribution is 2.52. The normalized spacial score (nSPS) is 25.4. The first kappa shape index (κ1) is 19.9. The van der Waals surface area contributed by atoms with Gasteiger partial charge in [0.05, 0.1) is 11.0 Å². The number of hydrogen-bond acceptors (Lipinski definition) is 4. The number of para-hydroxylation sites is 2. The maximum absolute atomic E-state index is 13.5. The Morgan fingerprint density at radius 3 is 2.76 bits per heavy atom. The molecule has 6 nitrogen and oxygen atoms in total. The van der Waals surface area contributed by atoms with Crippen molar-refractivity contribution in [1.82, 2.24) is 14.9 Å². The largest absolute Gasteiger partial charge is 0.355 e. The number of benzene rings is 1. The van der Waals surface area contributed by atoms with Crippen LogP contribution in [0.3, 0.4) is 0 Å². The van der Waals surface area contributed by atoms with E-state index in [0.29, 0.717) is 23.9 Å². The van der Waals surface area contributed by atoms with E-state index in [-0.39, 0.29) is 28.8 Å². The highest BCUT2D eigenvalue weighted by molar-refractivity contribution is 5.81. The number of amides is 1. The number of fused-ring (bicyclic) bond motifs is 3. The van der Waals surface area contributed by atoms with Crippen molar-refractivity contribution in [2.24, 2.45) is 10.8 Å². The molecule has 0 radical (unpaired) electrons. The Morgan fingerprint density at radius 1 is 1.24 bits per heavy atom. The van der Waals surface area contributed by atoms with Gasteiger partial charge in [-0.2, -0.15) is 0 Å². The third-order valence-electron chi connectivity index (χ3n) is 6.40. The second-order valence-electron chi connectivity index (χ2n) is 10.0. The van der Waals surface area contributed by atoms with E-state index < -0.39 is 0 Å². The number of carbonyl (C=O) groups excluding carboxylic acids is 1. The topological polar surface area (TPSA) is 67.2 Å². The lowest BCUT2D eigenvalue weighted by atomic mass is 9.65. The lowest BCUT2D eigenvalue weighted by Crippen LogP contribution is -2.40. The van der Waals surface area contributed by atoms with Gasteiger partial charge in [-0.15, -0.1) is 0 Å². The molecule has 6 heteroatoms. The van der Waals surface area contributed by atoms with E-state index in [2.05, 4.69) is 31.0 Å². The predicted molar refractivity (Wildman–Crippen MR) is 116 cm³/mol. The van der Waals surface area contributed by atoms with Crippen LogP contribution >= 0.6 is 0 Å². The summed E-state index contributed by atoms with van der Waals surface area (Å²) in [6.07, 6.45) is 4.19. The van der Waals surface area contributed by atoms with Gasteiger partial charge in [0.2, 0.25) is 5.91 Å². The molecule has 1 N–H and O–H groups in total. The summed E-state index contributed by atoms with van der Waals surface area (Å²) >= 11 is 0. The maximum atomic E-state index is 13.5. The third kappa shape index (κ3) is 3.77. The second kappa shape index (κ2) is 7.15. The molecule has 1 aliphatic heterocycles. The molecule has 2 aromatic rings. The monoisotopic (exact) mass is 396 g/mol. The van der Waals surface area contributed by atoms with E-state index in [4.69, 9.17) is 4.98 Å². The molecular formula is C23H32N4O2. The van der Waals surface area contributed by atoms with Crippen molar-refractivity contribution in [3.05, 3.63) is 34.6 Å². The molecule has 0 spiro atoms. The molecular weight excluding hydrogens is 364 g/mol. The smallest absolute Gasteiger partial charge is 0.294 e. The van der Waals surface area contributed by atoms with Crippen molar-refractivity contribution in [2.75, 3.05) is 18.0 Å². The van der Waals surface area contributed by atoms with E-state index in [1.807, 2.05) is 31.2 Å². The SMILES string of the molecule is CCCNC(=O)Cn1c(=O)c(N2CC3(C)CC2CC(C)(C)C3)nc2ccccc21. The van der Waals surface area contributed by atoms with Crippen LogP contribution in [0.25, 0.3) is 11.0 Å². The lowest BCUT2D eigenvalue weighted by molar-refractivity contribution is -0.121. The number of aromatic nitrogens is 2. The zero-order chi connectivity index (χ0) is 20.8. The minimum atomic E-state index is -0.163. The minimum absolute atomic E-state index is 0.0239. The van der Waals surface area contributed by atoms with Crippen molar-refractivity contribution >= 4 is 22.8 Å². The molecule has 2 fully saturated rings. The molecule has 2 heterocycles. The number of nitrogens with one attached hydrogen (secondary N) is 1. The van der Waals surface area contributed by atoms with Crippen molar-refractivity contribution in [2.45, 2.75) is 66.0 Å². The molecule has 29 heavy (non-hydrogen) atoms. The minimum Gasteiger partial charge on any atom is -0.355 e. The van der Waals surface area contributed by atoms with Crippen molar-refractivity contribution in [1.29, 1.82) is 0 Å². The van der Waals surface area contributed by atoms with Crippen LogP contribution in [-0.2, 0) is 11.3 Å². The van der Waals surface area contributed by atoms with Gasteiger partial charge in [0, 0.05) is 19.1 Å². The van der Waals surface area contributed by atoms with Crippen LogP contribution in [0.4, 0.5) is 5.82 Å². The summed E-state index contributed by atoms with van der Waals surface area (Å²) in [7, 11) is 0. The maximum Gasteiger partial charge on any atom is 0.294 e. The van der Waals surface area contributed by atoms with E-state index >= 15 is 0 Å². The number of anilines is 1. The molecule has 1 aromatic heterocycles. The fraction of sp³-hybridized carbons (Fsp3) is 0.609. The van der Waals surface area contributed by atoms with Gasteiger partial charge in [-0.3, -0.25) is 14.2 Å². The molecule has 156 valence electrons. The molecule has 2 atom stereocenters. The quantitative estimate of drug-likeness (QED) is 0.842. The van der Waals surface area contributed by atoms with Crippen LogP contribution in [0.5, 0.6) is 0 Å². The van der Waals surface area contributed by atoms with E-state index in [9.17, 15) is 9.59 Å². The first-order valence-corrected chi connectivity index (χ1v) is 10.7. The molecule has 1 amide bonds. The summed E-state index contributed by atoms with van der Waals surface area (Å²) in [5, 5.41) is 2.88. The Bertz CT molecular complexity index is 996. The number of rotatable bonds is 5. The fourth-order valence-corrected chi connectivity index (χ4v) is 5.69. The van der Waals surface area contributed by atoms with Crippen LogP contribution in [0.1, 0.15) is 53.4 Å². The summed E-state index contributed by atoms with van der Waals surface area (Å²) in [4.78, 5) is 32.9. The van der Waals surface area contributed by atoms with Gasteiger partial charge in [-0.25, -0.2) is 4.98 Å². The Morgan fingerprint density at radius 2 is 2.00 bits per heavy atom. The van der Waals surface area contributed by atoms with E-state index in [0.717, 1.165) is 37.7 Å². The average molecular weight is 397 g/mol. The van der Waals surface area contributed by atoms with Crippen LogP contribution in [0.2, 0.25) is 0 Å². The number of carbonyl (C=O) groups is 1. The number of nitrogens with zero attached hydrogens (tertiary/aromatic N) is 3. The third-order valence-corrected chi connectivity index (χ3v) is 6.40. The highest BCUT2D eigenvalue weighted by atomic mass is 16.2. The predicted octanol–water partition coefficient (Wildman–Crippen LogP) is 3.33. The summed E-state index contributed by atoms with van der Waals surface area (Å²) in [5.41, 5.74) is 1.78. The molecule has 1 saturated carbocycles. The Kier molecular flexibility index (Phi) is 4.91. The van der Waals surface area contributed by atoms with Gasteiger partial charge in [0.15, 0.2) is 5.82 Å². The molecule has 1 saturated heterocycles. The van der Waals surface area contributed by atoms with Crippen molar-refractivity contribution in [3.8, 4) is 0 Å². The first-order valence-electron chi connectivity index (χ1n) is 10.7. The summed E-state index contributed by atoms with van der Waals surface area (Å²) in [5.74, 6) is 0.364. The zero-order valence-electron chi connectivity index (χ0n) is 18.0. The van der Waals surface area contributed by atoms with Gasteiger partial charge < -0.3 is 10.2 Å². The van der Waals surface area contributed by atoms with Crippen LogP contribution in [0, 0.1) is 10.8 Å². The Hall–Kier alpha value is -2.37. The standard InChI is InChI=1S/C23H32N4O2/c1-5-10-24-19(28)13-26-18-9-7-6-8-17(18)25-20(21(26)29)27-15-23(4)12-16(27)11-22(2,3)14-23/h6-9,16H,5,10-15H2,1-4H3,(H,24,28). The Labute approximate surface area is 172 Å². The van der Waals surface area contributed by atoms with Crippen LogP contribution in [-0.4, -0.2) is 34.6 Å². The molecule has 4 rings (SSSR count). The van der Waals surface area contributed by atoms with Gasteiger partial charge >= 0.3 is 0 Å². The van der Waals surface area contributed by atoms with Gasteiger partial charge in [-0.05, 0) is 48.6 Å². The van der Waals surface area contributed by atoms with Crippen LogP contribution in [0.15, 0.2) is 29.1 Å². The zero-order valence-corrected chi connectivity index (χ0v) is 18.0. The van der Waals surface area contributed by atoms with Gasteiger partial charge in [0.1, 0.15) is 6.54 Å². The Balaban J connectivity index is 1.77. The molecule has 2 bridgehead atoms. The first-order chi connectivity index (χ1) is 13.7. The summed E-state index contributed by atoms with van der Waals surface area (Å²) < 4.78 is 1.60. The van der Waals surface area contributed by atoms with Gasteiger partial charge in [-0.1, -0.05) is 39.8 Å². The lowest BCUT2D eigenvalue weighted by Gasteiger charge is -2.39. The van der Waals surface area contributed by atoms with Crippen LogP contribution < -0.4 is 15.8 Å². The summed E-state index contributed by atoms with van der Waals surface area (Å²) in [6.45, 7) is 10.5. The van der Waals surface area contributed by atoms with E-state index in [1.165, 1.54) is 0 Å². The summed E-state index contributed by atoms with van der Waals surface area (Å²) in [6, 6.07) is 7.93. The molecule has 2 unspecified atom stereocenters. The second-order valence-corrected chi connectivity index (χ2v) is 10.0. The van der Waals surface area contributed by atoms with Crippen molar-refractivity contribution < 1.29 is 4.79 Å².